The molecule has 0 heterocycles. The van der Waals surface area contributed by atoms with Gasteiger partial charge in [-0.25, -0.2) is 0 Å². The lowest BCUT2D eigenvalue weighted by Crippen LogP contribution is -2.39. The smallest absolute Gasteiger partial charge is 0.147 e. The van der Waals surface area contributed by atoms with Crippen molar-refractivity contribution in [1.82, 2.24) is 0 Å². The van der Waals surface area contributed by atoms with E-state index in [1.54, 1.807) is 0 Å². The Morgan fingerprint density at radius 3 is 1.88 bits per heavy atom. The average molecular weight is 267 g/mol. The molecule has 0 fully saturated rings. The Morgan fingerprint density at radius 2 is 1.56 bits per heavy atom. The highest BCUT2D eigenvalue weighted by molar-refractivity contribution is 8.74. The van der Waals surface area contributed by atoms with E-state index >= 15 is 0 Å². The molecule has 16 heavy (non-hydrogen) atoms. The molecule has 0 radical (unpaired) electrons. The second-order valence-corrected chi connectivity index (χ2v) is 6.08. The molecule has 0 saturated heterocycles. The van der Waals surface area contributed by atoms with Crippen molar-refractivity contribution in [2.24, 2.45) is 0 Å². The van der Waals surface area contributed by atoms with Gasteiger partial charge in [-0.2, -0.15) is 0 Å². The van der Waals surface area contributed by atoms with Crippen molar-refractivity contribution in [2.75, 3.05) is 25.4 Å². The molecule has 0 N–H and O–H groups in total. The van der Waals surface area contributed by atoms with E-state index < -0.39 is 6.47 Å². The number of nitrogens with zero attached hydrogens (tertiary/aromatic N) is 1. The summed E-state index contributed by atoms with van der Waals surface area (Å²) in [7, 11) is 4.11. The van der Waals surface area contributed by atoms with Crippen LogP contribution in [-0.4, -0.2) is 35.7 Å². The van der Waals surface area contributed by atoms with E-state index in [1.165, 1.54) is 42.1 Å². The van der Waals surface area contributed by atoms with Crippen LogP contribution < -0.4 is 5.11 Å². The van der Waals surface area contributed by atoms with Gasteiger partial charge in [0, 0.05) is 12.2 Å². The Morgan fingerprint density at radius 1 is 1.12 bits per heavy atom. The van der Waals surface area contributed by atoms with Crippen LogP contribution in [-0.2, 0) is 4.79 Å². The summed E-state index contributed by atoms with van der Waals surface area (Å²) < 4.78 is 1.20. The lowest BCUT2D eigenvalue weighted by molar-refractivity contribution is -0.787. The Kier molecular flexibility index (Phi) is 15.3. The van der Waals surface area contributed by atoms with Gasteiger partial charge >= 0.3 is 0 Å². The molecule has 0 saturated carbocycles. The standard InChI is InChI=1S/C10H24NS2.CH2O2/c1-5-9-10-12-13-11(6-2,7-3)8-4;2-1-3/h5-10H2,1-4H3;1H,(H,2,3)/q+1;/p-1. The first kappa shape index (κ1) is 18.5. The van der Waals surface area contributed by atoms with Crippen LogP contribution in [0.3, 0.4) is 0 Å². The monoisotopic (exact) mass is 267 g/mol. The quantitative estimate of drug-likeness (QED) is 0.222. The molecular weight excluding hydrogens is 242 g/mol. The minimum atomic E-state index is -0.500. The molecule has 0 aromatic carbocycles. The van der Waals surface area contributed by atoms with Crippen molar-refractivity contribution in [3.05, 3.63) is 0 Å². The normalized spacial score (nSPS) is 10.5. The minimum Gasteiger partial charge on any atom is -0.554 e. The summed E-state index contributed by atoms with van der Waals surface area (Å²) >= 11 is 0. The van der Waals surface area contributed by atoms with Gasteiger partial charge in [-0.1, -0.05) is 13.3 Å². The highest BCUT2D eigenvalue weighted by atomic mass is 33.1. The van der Waals surface area contributed by atoms with E-state index in [9.17, 15) is 0 Å². The Balaban J connectivity index is 0. The zero-order valence-electron chi connectivity index (χ0n) is 10.9. The van der Waals surface area contributed by atoms with Crippen LogP contribution in [0.15, 0.2) is 0 Å². The summed E-state index contributed by atoms with van der Waals surface area (Å²) in [5.41, 5.74) is 0. The summed E-state index contributed by atoms with van der Waals surface area (Å²) in [4.78, 5) is 8.25. The lowest BCUT2D eigenvalue weighted by atomic mass is 10.4. The van der Waals surface area contributed by atoms with Gasteiger partial charge in [0.25, 0.3) is 0 Å². The maximum absolute atomic E-state index is 8.25. The molecule has 0 atom stereocenters. The van der Waals surface area contributed by atoms with E-state index in [1.807, 2.05) is 10.8 Å². The van der Waals surface area contributed by atoms with Crippen LogP contribution >= 0.6 is 21.8 Å². The maximum atomic E-state index is 8.25. The molecule has 0 aromatic heterocycles. The zero-order valence-corrected chi connectivity index (χ0v) is 12.5. The van der Waals surface area contributed by atoms with E-state index in [0.717, 1.165) is 0 Å². The molecule has 0 bridgehead atoms. The third-order valence-electron chi connectivity index (χ3n) is 2.52. The predicted octanol–water partition coefficient (Wildman–Crippen LogP) is 2.33. The Hall–Kier alpha value is 0.130. The third kappa shape index (κ3) is 9.36. The van der Waals surface area contributed by atoms with Gasteiger partial charge in [0.15, 0.2) is 0 Å². The number of carbonyl (C=O) groups is 1. The van der Waals surface area contributed by atoms with Gasteiger partial charge in [0.1, 0.15) is 11.0 Å². The van der Waals surface area contributed by atoms with Crippen molar-refractivity contribution < 1.29 is 13.8 Å². The first-order chi connectivity index (χ1) is 7.66. The molecule has 0 aliphatic rings. The van der Waals surface area contributed by atoms with E-state index in [2.05, 4.69) is 38.7 Å². The summed E-state index contributed by atoms with van der Waals surface area (Å²) in [5, 5.41) is 8.25. The van der Waals surface area contributed by atoms with Gasteiger partial charge in [-0.05, 0) is 38.0 Å². The second-order valence-electron chi connectivity index (χ2n) is 3.35. The van der Waals surface area contributed by atoms with Crippen LogP contribution in [0.1, 0.15) is 40.5 Å². The maximum Gasteiger partial charge on any atom is 0.147 e. The highest BCUT2D eigenvalue weighted by Crippen LogP contribution is 2.34. The first-order valence-electron chi connectivity index (χ1n) is 5.89. The van der Waals surface area contributed by atoms with Crippen LogP contribution in [0.4, 0.5) is 0 Å². The fourth-order valence-corrected chi connectivity index (χ4v) is 4.40. The largest absolute Gasteiger partial charge is 0.554 e. The molecule has 0 aromatic rings. The van der Waals surface area contributed by atoms with Crippen molar-refractivity contribution >= 4 is 28.2 Å². The van der Waals surface area contributed by atoms with E-state index in [-0.39, 0.29) is 0 Å². The minimum absolute atomic E-state index is 0.500. The zero-order chi connectivity index (χ0) is 12.9. The Bertz CT molecular complexity index is 145. The van der Waals surface area contributed by atoms with Gasteiger partial charge in [-0.3, -0.25) is 3.89 Å². The number of hydrogen-bond donors (Lipinski definition) is 0. The SMILES string of the molecule is CCCCSS[N+](CC)(CC)CC.O=C[O-]. The molecule has 0 aliphatic heterocycles. The van der Waals surface area contributed by atoms with Gasteiger partial charge < -0.3 is 9.90 Å². The molecule has 0 unspecified atom stereocenters. The van der Waals surface area contributed by atoms with Crippen LogP contribution in [0, 0.1) is 0 Å². The van der Waals surface area contributed by atoms with E-state index in [4.69, 9.17) is 9.90 Å². The number of hydrogen-bond acceptors (Lipinski definition) is 4. The van der Waals surface area contributed by atoms with Crippen molar-refractivity contribution in [1.29, 1.82) is 0 Å². The summed E-state index contributed by atoms with van der Waals surface area (Å²) in [6.07, 6.45) is 2.67. The highest BCUT2D eigenvalue weighted by Gasteiger charge is 2.22. The third-order valence-corrected chi connectivity index (χ3v) is 5.94. The topological polar surface area (TPSA) is 40.1 Å². The first-order valence-corrected chi connectivity index (χ1v) is 8.16. The van der Waals surface area contributed by atoms with Crippen LogP contribution in [0.5, 0.6) is 0 Å². The van der Waals surface area contributed by atoms with Crippen molar-refractivity contribution in [3.63, 3.8) is 0 Å². The van der Waals surface area contributed by atoms with E-state index in [0.29, 0.717) is 0 Å². The number of rotatable bonds is 8. The molecule has 0 amide bonds. The molecule has 0 spiro atoms. The molecule has 0 aliphatic carbocycles. The van der Waals surface area contributed by atoms with Crippen LogP contribution in [0.2, 0.25) is 0 Å². The van der Waals surface area contributed by atoms with Crippen LogP contribution in [0.25, 0.3) is 0 Å². The molecule has 98 valence electrons. The predicted molar refractivity (Wildman–Crippen MR) is 72.9 cm³/mol. The number of quaternary nitrogens is 1. The van der Waals surface area contributed by atoms with Crippen molar-refractivity contribution in [2.45, 2.75) is 40.5 Å². The summed E-state index contributed by atoms with van der Waals surface area (Å²) in [6, 6.07) is 0. The number of carboxylic acid groups (broad SMARTS) is 1. The van der Waals surface area contributed by atoms with Gasteiger partial charge in [-0.15, -0.1) is 0 Å². The van der Waals surface area contributed by atoms with Gasteiger partial charge in [0.2, 0.25) is 0 Å². The molecular formula is C11H25NO2S2. The fraction of sp³-hybridized carbons (Fsp3) is 0.909. The fourth-order valence-electron chi connectivity index (χ4n) is 1.18. The number of carbonyl (C=O) groups excluding carboxylic acids is 1. The molecule has 0 rings (SSSR count). The lowest BCUT2D eigenvalue weighted by Gasteiger charge is -2.31. The average Bonchev–Trinajstić information content (AvgIpc) is 2.32. The Labute approximate surface area is 108 Å². The number of unbranched alkanes of at least 4 members (excludes halogenated alkanes) is 1. The van der Waals surface area contributed by atoms with Crippen molar-refractivity contribution in [3.8, 4) is 0 Å². The molecule has 3 nitrogen and oxygen atoms in total. The molecule has 5 heteroatoms. The summed E-state index contributed by atoms with van der Waals surface area (Å²) in [5.74, 6) is 1.31. The summed E-state index contributed by atoms with van der Waals surface area (Å²) in [6.45, 7) is 12.4. The van der Waals surface area contributed by atoms with Gasteiger partial charge in [0.05, 0.1) is 19.6 Å². The second kappa shape index (κ2) is 13.2.